The molecule has 2 N–H and O–H groups in total. The Morgan fingerprint density at radius 2 is 2.12 bits per heavy atom. The third-order valence-electron chi connectivity index (χ3n) is 3.08. The van der Waals surface area contributed by atoms with Crippen molar-refractivity contribution in [3.8, 4) is 0 Å². The van der Waals surface area contributed by atoms with Gasteiger partial charge in [-0.3, -0.25) is 0 Å². The summed E-state index contributed by atoms with van der Waals surface area (Å²) >= 11 is 0. The molecule has 0 aromatic carbocycles. The first kappa shape index (κ1) is 17.1. The van der Waals surface area contributed by atoms with E-state index in [2.05, 4.69) is 17.0 Å². The van der Waals surface area contributed by atoms with E-state index in [1.165, 1.54) is 4.31 Å². The molecule has 0 amide bonds. The predicted octanol–water partition coefficient (Wildman–Crippen LogP) is 0.582. The smallest absolute Gasteiger partial charge is 0.279 e. The molecule has 104 valence electrons. The van der Waals surface area contributed by atoms with Crippen LogP contribution in [0.15, 0.2) is 0 Å². The molecule has 1 saturated heterocycles. The van der Waals surface area contributed by atoms with Crippen LogP contribution in [0.25, 0.3) is 0 Å². The molecular weight excluding hydrogens is 262 g/mol. The average Bonchev–Trinajstić information content (AvgIpc) is 2.21. The molecule has 0 aromatic heterocycles. The van der Waals surface area contributed by atoms with Crippen LogP contribution in [0.1, 0.15) is 26.7 Å². The molecule has 7 heteroatoms. The Balaban J connectivity index is 0.00000256. The zero-order valence-electron chi connectivity index (χ0n) is 10.8. The third kappa shape index (κ3) is 5.09. The van der Waals surface area contributed by atoms with Crippen LogP contribution in [0.3, 0.4) is 0 Å². The molecule has 1 aliphatic heterocycles. The second-order valence-corrected chi connectivity index (χ2v) is 6.33. The van der Waals surface area contributed by atoms with Crippen LogP contribution < -0.4 is 10.0 Å². The lowest BCUT2D eigenvalue weighted by Gasteiger charge is -2.31. The highest BCUT2D eigenvalue weighted by Crippen LogP contribution is 2.12. The number of nitrogens with one attached hydrogen (secondary N) is 2. The standard InChI is InChI=1S/C10H23N3O2S.ClH/c1-4-7-13(3)16(14,15)12-10-8-11-6-5-9(10)2;/h9-12H,4-8H2,1-3H3;1H. The minimum atomic E-state index is -3.31. The molecule has 5 nitrogen and oxygen atoms in total. The molecule has 1 aliphatic rings. The summed E-state index contributed by atoms with van der Waals surface area (Å²) in [5.74, 6) is 0.394. The number of rotatable bonds is 5. The summed E-state index contributed by atoms with van der Waals surface area (Å²) in [6.45, 7) is 6.32. The monoisotopic (exact) mass is 285 g/mol. The first-order valence-electron chi connectivity index (χ1n) is 5.91. The molecule has 1 fully saturated rings. The van der Waals surface area contributed by atoms with Crippen molar-refractivity contribution in [2.75, 3.05) is 26.7 Å². The van der Waals surface area contributed by atoms with E-state index in [1.807, 2.05) is 6.92 Å². The Bertz CT molecular complexity index is 311. The number of hydrogen-bond donors (Lipinski definition) is 2. The Hall–Kier alpha value is 0.120. The maximum Gasteiger partial charge on any atom is 0.279 e. The van der Waals surface area contributed by atoms with E-state index in [4.69, 9.17) is 0 Å². The van der Waals surface area contributed by atoms with E-state index in [0.29, 0.717) is 12.5 Å². The molecule has 17 heavy (non-hydrogen) atoms. The number of hydrogen-bond acceptors (Lipinski definition) is 3. The van der Waals surface area contributed by atoms with Crippen LogP contribution in [0.4, 0.5) is 0 Å². The number of piperidine rings is 1. The van der Waals surface area contributed by atoms with Crippen molar-refractivity contribution in [3.05, 3.63) is 0 Å². The van der Waals surface area contributed by atoms with Gasteiger partial charge in [0, 0.05) is 26.2 Å². The second-order valence-electron chi connectivity index (χ2n) is 4.52. The molecule has 2 unspecified atom stereocenters. The summed E-state index contributed by atoms with van der Waals surface area (Å²) in [5, 5.41) is 3.21. The van der Waals surface area contributed by atoms with Gasteiger partial charge in [-0.25, -0.2) is 0 Å². The van der Waals surface area contributed by atoms with E-state index < -0.39 is 10.2 Å². The van der Waals surface area contributed by atoms with Gasteiger partial charge < -0.3 is 5.32 Å². The highest BCUT2D eigenvalue weighted by Gasteiger charge is 2.27. The Morgan fingerprint density at radius 1 is 1.47 bits per heavy atom. The van der Waals surface area contributed by atoms with Crippen molar-refractivity contribution < 1.29 is 8.42 Å². The summed E-state index contributed by atoms with van der Waals surface area (Å²) in [5.41, 5.74) is 0. The SMILES string of the molecule is CCCN(C)S(=O)(=O)NC1CNCCC1C.Cl. The first-order chi connectivity index (χ1) is 7.47. The summed E-state index contributed by atoms with van der Waals surface area (Å²) < 4.78 is 28.0. The first-order valence-corrected chi connectivity index (χ1v) is 7.35. The van der Waals surface area contributed by atoms with Crippen molar-refractivity contribution in [2.45, 2.75) is 32.7 Å². The van der Waals surface area contributed by atoms with Crippen LogP contribution in [-0.4, -0.2) is 45.4 Å². The van der Waals surface area contributed by atoms with Gasteiger partial charge in [-0.15, -0.1) is 12.4 Å². The maximum atomic E-state index is 11.9. The van der Waals surface area contributed by atoms with E-state index in [0.717, 1.165) is 25.9 Å². The van der Waals surface area contributed by atoms with Crippen molar-refractivity contribution in [2.24, 2.45) is 5.92 Å². The molecule has 0 radical (unpaired) electrons. The highest BCUT2D eigenvalue weighted by atomic mass is 35.5. The van der Waals surface area contributed by atoms with Gasteiger partial charge in [0.15, 0.2) is 0 Å². The highest BCUT2D eigenvalue weighted by molar-refractivity contribution is 7.87. The molecule has 0 bridgehead atoms. The molecule has 0 aromatic rings. The fraction of sp³-hybridized carbons (Fsp3) is 1.00. The van der Waals surface area contributed by atoms with E-state index in [1.54, 1.807) is 7.05 Å². The lowest BCUT2D eigenvalue weighted by Crippen LogP contribution is -2.53. The summed E-state index contributed by atoms with van der Waals surface area (Å²) in [6.07, 6.45) is 1.85. The maximum absolute atomic E-state index is 11.9. The molecule has 0 saturated carbocycles. The molecule has 1 rings (SSSR count). The number of halogens is 1. The third-order valence-corrected chi connectivity index (χ3v) is 4.68. The lowest BCUT2D eigenvalue weighted by atomic mass is 9.96. The van der Waals surface area contributed by atoms with E-state index >= 15 is 0 Å². The quantitative estimate of drug-likeness (QED) is 0.777. The van der Waals surface area contributed by atoms with Gasteiger partial charge in [-0.1, -0.05) is 13.8 Å². The van der Waals surface area contributed by atoms with E-state index in [9.17, 15) is 8.42 Å². The van der Waals surface area contributed by atoms with Gasteiger partial charge in [0.25, 0.3) is 10.2 Å². The Kier molecular flexibility index (Phi) is 7.58. The van der Waals surface area contributed by atoms with Gasteiger partial charge in [0.2, 0.25) is 0 Å². The zero-order chi connectivity index (χ0) is 12.2. The minimum Gasteiger partial charge on any atom is -0.315 e. The summed E-state index contributed by atoms with van der Waals surface area (Å²) in [6, 6.07) is 0.0121. The van der Waals surface area contributed by atoms with Crippen molar-refractivity contribution in [1.82, 2.24) is 14.3 Å². The van der Waals surface area contributed by atoms with Crippen LogP contribution in [0.5, 0.6) is 0 Å². The van der Waals surface area contributed by atoms with Crippen molar-refractivity contribution in [3.63, 3.8) is 0 Å². The normalized spacial score (nSPS) is 25.6. The van der Waals surface area contributed by atoms with Crippen LogP contribution in [0, 0.1) is 5.92 Å². The molecular formula is C10H24ClN3O2S. The fourth-order valence-electron chi connectivity index (χ4n) is 1.86. The van der Waals surface area contributed by atoms with Crippen LogP contribution in [-0.2, 0) is 10.2 Å². The topological polar surface area (TPSA) is 61.4 Å². The Morgan fingerprint density at radius 3 is 2.65 bits per heavy atom. The summed E-state index contributed by atoms with van der Waals surface area (Å²) in [7, 11) is -1.69. The minimum absolute atomic E-state index is 0. The summed E-state index contributed by atoms with van der Waals surface area (Å²) in [4.78, 5) is 0. The Labute approximate surface area is 111 Å². The lowest BCUT2D eigenvalue weighted by molar-refractivity contribution is 0.319. The molecule has 1 heterocycles. The molecule has 0 aliphatic carbocycles. The second kappa shape index (κ2) is 7.53. The zero-order valence-corrected chi connectivity index (χ0v) is 12.4. The molecule has 0 spiro atoms. The van der Waals surface area contributed by atoms with Crippen LogP contribution >= 0.6 is 12.4 Å². The van der Waals surface area contributed by atoms with Crippen molar-refractivity contribution >= 4 is 22.6 Å². The fourth-order valence-corrected chi connectivity index (χ4v) is 3.16. The van der Waals surface area contributed by atoms with Gasteiger partial charge >= 0.3 is 0 Å². The van der Waals surface area contributed by atoms with Gasteiger partial charge in [0.05, 0.1) is 0 Å². The average molecular weight is 286 g/mol. The predicted molar refractivity (Wildman–Crippen MR) is 72.7 cm³/mol. The van der Waals surface area contributed by atoms with Gasteiger partial charge in [-0.05, 0) is 25.3 Å². The van der Waals surface area contributed by atoms with Gasteiger partial charge in [-0.2, -0.15) is 17.4 Å². The largest absolute Gasteiger partial charge is 0.315 e. The van der Waals surface area contributed by atoms with Crippen LogP contribution in [0.2, 0.25) is 0 Å². The van der Waals surface area contributed by atoms with Crippen molar-refractivity contribution in [1.29, 1.82) is 0 Å². The number of nitrogens with zero attached hydrogens (tertiary/aromatic N) is 1. The van der Waals surface area contributed by atoms with E-state index in [-0.39, 0.29) is 18.4 Å². The molecule has 2 atom stereocenters. The van der Waals surface area contributed by atoms with Gasteiger partial charge in [0.1, 0.15) is 0 Å².